The molecule has 0 saturated carbocycles. The minimum atomic E-state index is 0.0978. The topological polar surface area (TPSA) is 67.9 Å². The van der Waals surface area contributed by atoms with Gasteiger partial charge in [0.25, 0.3) is 0 Å². The van der Waals surface area contributed by atoms with Crippen LogP contribution in [0.25, 0.3) is 0 Å². The van der Waals surface area contributed by atoms with Gasteiger partial charge in [-0.05, 0) is 21.0 Å². The van der Waals surface area contributed by atoms with Gasteiger partial charge in [-0.15, -0.1) is 5.10 Å². The zero-order valence-corrected chi connectivity index (χ0v) is 8.23. The van der Waals surface area contributed by atoms with E-state index in [9.17, 15) is 0 Å². The lowest BCUT2D eigenvalue weighted by Crippen LogP contribution is -2.28. The summed E-state index contributed by atoms with van der Waals surface area (Å²) in [7, 11) is 3.91. The molecule has 0 aliphatic rings. The molecule has 1 rings (SSSR count). The van der Waals surface area contributed by atoms with E-state index in [2.05, 4.69) is 15.2 Å². The van der Waals surface area contributed by atoms with E-state index in [1.807, 2.05) is 25.9 Å². The Kier molecular flexibility index (Phi) is 3.27. The fraction of sp³-hybridized carbons (Fsp3) is 0.625. The van der Waals surface area contributed by atoms with Crippen LogP contribution < -0.4 is 5.73 Å². The highest BCUT2D eigenvalue weighted by molar-refractivity contribution is 5.01. The normalized spacial score (nSPS) is 13.3. The molecule has 0 aliphatic carbocycles. The summed E-state index contributed by atoms with van der Waals surface area (Å²) in [6.45, 7) is 2.33. The fourth-order valence-electron chi connectivity index (χ4n) is 1.09. The maximum atomic E-state index is 5.61. The first-order valence-corrected chi connectivity index (χ1v) is 4.18. The predicted molar refractivity (Wildman–Crippen MR) is 50.0 cm³/mol. The first-order chi connectivity index (χ1) is 6.15. The Morgan fingerprint density at radius 1 is 1.46 bits per heavy atom. The van der Waals surface area contributed by atoms with Crippen molar-refractivity contribution in [3.8, 4) is 0 Å². The summed E-state index contributed by atoms with van der Waals surface area (Å²) in [6, 6.07) is 0.0978. The molecule has 0 saturated heterocycles. The second-order valence-electron chi connectivity index (χ2n) is 3.15. The maximum absolute atomic E-state index is 5.61. The number of likely N-dealkylation sites (N-methyl/N-ethyl adjacent to an activating group) is 1. The average Bonchev–Trinajstić information content (AvgIpc) is 2.09. The molecule has 0 amide bonds. The molecule has 0 bridgehead atoms. The van der Waals surface area contributed by atoms with Crippen LogP contribution in [0.3, 0.4) is 0 Å². The van der Waals surface area contributed by atoms with Gasteiger partial charge in [-0.3, -0.25) is 4.90 Å². The number of hydrogen-bond acceptors (Lipinski definition) is 5. The summed E-state index contributed by atoms with van der Waals surface area (Å²) in [4.78, 5) is 6.08. The van der Waals surface area contributed by atoms with Crippen molar-refractivity contribution < 1.29 is 0 Å². The third-order valence-electron chi connectivity index (χ3n) is 1.88. The van der Waals surface area contributed by atoms with E-state index in [0.717, 1.165) is 5.69 Å². The molecule has 0 fully saturated rings. The van der Waals surface area contributed by atoms with Gasteiger partial charge in [0.05, 0.1) is 17.9 Å². The monoisotopic (exact) mass is 181 g/mol. The van der Waals surface area contributed by atoms with Gasteiger partial charge in [0, 0.05) is 6.54 Å². The molecule has 0 aliphatic heterocycles. The van der Waals surface area contributed by atoms with Crippen molar-refractivity contribution in [2.75, 3.05) is 20.6 Å². The molecule has 0 aromatic carbocycles. The van der Waals surface area contributed by atoms with E-state index < -0.39 is 0 Å². The summed E-state index contributed by atoms with van der Waals surface area (Å²) in [5.74, 6) is 0.679. The minimum Gasteiger partial charge on any atom is -0.329 e. The van der Waals surface area contributed by atoms with Crippen LogP contribution in [-0.4, -0.2) is 40.7 Å². The van der Waals surface area contributed by atoms with Gasteiger partial charge in [0.2, 0.25) is 0 Å². The van der Waals surface area contributed by atoms with E-state index >= 15 is 0 Å². The van der Waals surface area contributed by atoms with E-state index in [1.54, 1.807) is 6.20 Å². The molecule has 0 radical (unpaired) electrons. The SMILES string of the molecule is Cc1ncc(C(CN)N(C)C)nn1. The standard InChI is InChI=1S/C8H15N5/c1-6-10-5-7(12-11-6)8(4-9)13(2)3/h5,8H,4,9H2,1-3H3. The van der Waals surface area contributed by atoms with Crippen molar-refractivity contribution in [2.24, 2.45) is 5.73 Å². The lowest BCUT2D eigenvalue weighted by molar-refractivity contribution is 0.297. The lowest BCUT2D eigenvalue weighted by atomic mass is 10.2. The number of nitrogens with zero attached hydrogens (tertiary/aromatic N) is 4. The summed E-state index contributed by atoms with van der Waals surface area (Å²) < 4.78 is 0. The molecule has 72 valence electrons. The molecule has 2 N–H and O–H groups in total. The second-order valence-corrected chi connectivity index (χ2v) is 3.15. The number of aryl methyl sites for hydroxylation is 1. The Hall–Kier alpha value is -1.07. The van der Waals surface area contributed by atoms with E-state index in [0.29, 0.717) is 12.4 Å². The quantitative estimate of drug-likeness (QED) is 0.696. The summed E-state index contributed by atoms with van der Waals surface area (Å²) in [5.41, 5.74) is 6.42. The molecule has 1 unspecified atom stereocenters. The number of nitrogens with two attached hydrogens (primary N) is 1. The minimum absolute atomic E-state index is 0.0978. The molecule has 1 heterocycles. The second kappa shape index (κ2) is 4.25. The van der Waals surface area contributed by atoms with Crippen LogP contribution in [0, 0.1) is 6.92 Å². The third kappa shape index (κ3) is 2.43. The van der Waals surface area contributed by atoms with E-state index in [-0.39, 0.29) is 6.04 Å². The summed E-state index contributed by atoms with van der Waals surface area (Å²) in [6.07, 6.45) is 1.72. The Morgan fingerprint density at radius 2 is 2.15 bits per heavy atom. The van der Waals surface area contributed by atoms with Crippen molar-refractivity contribution in [2.45, 2.75) is 13.0 Å². The maximum Gasteiger partial charge on any atom is 0.147 e. The number of rotatable bonds is 3. The molecule has 1 atom stereocenters. The van der Waals surface area contributed by atoms with Gasteiger partial charge in [-0.25, -0.2) is 4.98 Å². The van der Waals surface area contributed by atoms with Crippen LogP contribution in [0.15, 0.2) is 6.20 Å². The highest BCUT2D eigenvalue weighted by Gasteiger charge is 2.13. The summed E-state index contributed by atoms with van der Waals surface area (Å²) >= 11 is 0. The number of aromatic nitrogens is 3. The van der Waals surface area contributed by atoms with Crippen LogP contribution in [0.2, 0.25) is 0 Å². The number of hydrogen-bond donors (Lipinski definition) is 1. The molecule has 1 aromatic heterocycles. The predicted octanol–water partition coefficient (Wildman–Crippen LogP) is -0.259. The fourth-order valence-corrected chi connectivity index (χ4v) is 1.09. The molecule has 13 heavy (non-hydrogen) atoms. The van der Waals surface area contributed by atoms with Crippen LogP contribution in [-0.2, 0) is 0 Å². The highest BCUT2D eigenvalue weighted by atomic mass is 15.2. The molecular weight excluding hydrogens is 166 g/mol. The highest BCUT2D eigenvalue weighted by Crippen LogP contribution is 2.11. The van der Waals surface area contributed by atoms with Crippen molar-refractivity contribution in [1.29, 1.82) is 0 Å². The molecule has 5 heteroatoms. The van der Waals surface area contributed by atoms with Crippen LogP contribution in [0.4, 0.5) is 0 Å². The summed E-state index contributed by atoms with van der Waals surface area (Å²) in [5, 5.41) is 7.92. The van der Waals surface area contributed by atoms with Crippen molar-refractivity contribution in [3.05, 3.63) is 17.7 Å². The van der Waals surface area contributed by atoms with E-state index in [1.165, 1.54) is 0 Å². The van der Waals surface area contributed by atoms with E-state index in [4.69, 9.17) is 5.73 Å². The Balaban J connectivity index is 2.86. The van der Waals surface area contributed by atoms with Gasteiger partial charge in [-0.1, -0.05) is 0 Å². The third-order valence-corrected chi connectivity index (χ3v) is 1.88. The Bertz CT molecular complexity index is 256. The molecule has 0 spiro atoms. The van der Waals surface area contributed by atoms with Gasteiger partial charge in [-0.2, -0.15) is 5.10 Å². The van der Waals surface area contributed by atoms with Crippen LogP contribution >= 0.6 is 0 Å². The zero-order valence-electron chi connectivity index (χ0n) is 8.23. The van der Waals surface area contributed by atoms with Gasteiger partial charge in [0.1, 0.15) is 5.82 Å². The molecule has 5 nitrogen and oxygen atoms in total. The smallest absolute Gasteiger partial charge is 0.147 e. The van der Waals surface area contributed by atoms with Gasteiger partial charge < -0.3 is 5.73 Å². The lowest BCUT2D eigenvalue weighted by Gasteiger charge is -2.20. The zero-order chi connectivity index (χ0) is 9.84. The largest absolute Gasteiger partial charge is 0.329 e. The van der Waals surface area contributed by atoms with Crippen molar-refractivity contribution in [1.82, 2.24) is 20.1 Å². The first kappa shape index (κ1) is 10.0. The van der Waals surface area contributed by atoms with Crippen molar-refractivity contribution in [3.63, 3.8) is 0 Å². The van der Waals surface area contributed by atoms with Crippen LogP contribution in [0.1, 0.15) is 17.6 Å². The Morgan fingerprint density at radius 3 is 2.54 bits per heavy atom. The molecule has 1 aromatic rings. The Labute approximate surface area is 78.0 Å². The van der Waals surface area contributed by atoms with Crippen LogP contribution in [0.5, 0.6) is 0 Å². The van der Waals surface area contributed by atoms with Gasteiger partial charge >= 0.3 is 0 Å². The van der Waals surface area contributed by atoms with Gasteiger partial charge in [0.15, 0.2) is 0 Å². The average molecular weight is 181 g/mol. The first-order valence-electron chi connectivity index (χ1n) is 4.18. The molecular formula is C8H15N5. The van der Waals surface area contributed by atoms with Crippen molar-refractivity contribution >= 4 is 0 Å².